The molecule has 5 nitrogen and oxygen atoms in total. The van der Waals surface area contributed by atoms with Gasteiger partial charge < -0.3 is 20.0 Å². The van der Waals surface area contributed by atoms with Crippen molar-refractivity contribution in [3.63, 3.8) is 0 Å². The van der Waals surface area contributed by atoms with E-state index in [-0.39, 0.29) is 6.03 Å². The summed E-state index contributed by atoms with van der Waals surface area (Å²) in [5, 5.41) is 3.25. The van der Waals surface area contributed by atoms with Crippen LogP contribution in [0.5, 0.6) is 0 Å². The molecule has 1 aromatic carbocycles. The Balaban J connectivity index is 1.54. The first-order valence-corrected chi connectivity index (χ1v) is 10.8. The molecule has 0 spiro atoms. The van der Waals surface area contributed by atoms with Crippen molar-refractivity contribution in [3.05, 3.63) is 23.8 Å². The minimum absolute atomic E-state index is 0.134. The molecule has 1 aliphatic carbocycles. The van der Waals surface area contributed by atoms with Crippen molar-refractivity contribution in [2.45, 2.75) is 58.9 Å². The minimum Gasteiger partial charge on any atom is -0.372 e. The lowest BCUT2D eigenvalue weighted by Gasteiger charge is -2.38. The summed E-state index contributed by atoms with van der Waals surface area (Å²) >= 11 is 0. The maximum absolute atomic E-state index is 12.6. The molecule has 27 heavy (non-hydrogen) atoms. The first-order chi connectivity index (χ1) is 13.1. The van der Waals surface area contributed by atoms with Crippen LogP contribution >= 0.6 is 0 Å². The molecule has 5 heteroatoms. The number of piperazine rings is 1. The first-order valence-electron chi connectivity index (χ1n) is 10.8. The molecule has 1 aromatic rings. The predicted molar refractivity (Wildman–Crippen MR) is 114 cm³/mol. The minimum atomic E-state index is 0.134. The summed E-state index contributed by atoms with van der Waals surface area (Å²) < 4.78 is 0. The van der Waals surface area contributed by atoms with E-state index in [1.165, 1.54) is 36.2 Å². The van der Waals surface area contributed by atoms with Gasteiger partial charge in [0.05, 0.1) is 0 Å². The molecule has 0 radical (unpaired) electrons. The highest BCUT2D eigenvalue weighted by Gasteiger charge is 2.24. The van der Waals surface area contributed by atoms with Crippen LogP contribution in [0.1, 0.15) is 51.5 Å². The number of carbonyl (C=O) groups excluding carboxylic acids is 1. The third kappa shape index (κ3) is 4.88. The van der Waals surface area contributed by atoms with Crippen molar-refractivity contribution in [2.24, 2.45) is 0 Å². The number of nitrogens with one attached hydrogen (secondary N) is 1. The Morgan fingerprint density at radius 2 is 1.74 bits per heavy atom. The average molecular weight is 373 g/mol. The van der Waals surface area contributed by atoms with Gasteiger partial charge in [-0.1, -0.05) is 19.3 Å². The Morgan fingerprint density at radius 1 is 1.07 bits per heavy atom. The van der Waals surface area contributed by atoms with Crippen LogP contribution in [0.2, 0.25) is 0 Å². The maximum Gasteiger partial charge on any atom is 0.317 e. The number of nitrogens with zero attached hydrogens (tertiary/aromatic N) is 3. The van der Waals surface area contributed by atoms with Crippen LogP contribution in [0.15, 0.2) is 18.2 Å². The molecule has 1 heterocycles. The summed E-state index contributed by atoms with van der Waals surface area (Å²) in [7, 11) is 0. The number of anilines is 2. The van der Waals surface area contributed by atoms with Gasteiger partial charge in [0.25, 0.3) is 0 Å². The number of urea groups is 1. The van der Waals surface area contributed by atoms with Crippen LogP contribution in [-0.2, 0) is 0 Å². The largest absolute Gasteiger partial charge is 0.372 e. The fraction of sp³-hybridized carbons (Fsp3) is 0.682. The quantitative estimate of drug-likeness (QED) is 0.849. The lowest BCUT2D eigenvalue weighted by Crippen LogP contribution is -2.53. The van der Waals surface area contributed by atoms with Gasteiger partial charge in [0, 0.05) is 56.7 Å². The molecule has 2 amide bonds. The molecule has 1 saturated carbocycles. The van der Waals surface area contributed by atoms with Gasteiger partial charge >= 0.3 is 6.03 Å². The number of benzene rings is 1. The molecular weight excluding hydrogens is 336 g/mol. The Bertz CT molecular complexity index is 615. The molecule has 1 aliphatic heterocycles. The van der Waals surface area contributed by atoms with Gasteiger partial charge in [-0.2, -0.15) is 0 Å². The molecule has 0 unspecified atom stereocenters. The van der Waals surface area contributed by atoms with Crippen LogP contribution in [0.4, 0.5) is 16.2 Å². The molecule has 0 atom stereocenters. The normalized spacial score (nSPS) is 18.5. The van der Waals surface area contributed by atoms with Crippen molar-refractivity contribution in [3.8, 4) is 0 Å². The number of hydrogen-bond acceptors (Lipinski definition) is 3. The summed E-state index contributed by atoms with van der Waals surface area (Å²) in [6, 6.07) is 7.30. The molecule has 2 aliphatic rings. The van der Waals surface area contributed by atoms with E-state index in [9.17, 15) is 4.79 Å². The summed E-state index contributed by atoms with van der Waals surface area (Å²) in [6.45, 7) is 12.1. The van der Waals surface area contributed by atoms with Gasteiger partial charge in [-0.3, -0.25) is 0 Å². The maximum atomic E-state index is 12.6. The molecule has 150 valence electrons. The first kappa shape index (κ1) is 19.8. The third-order valence-electron chi connectivity index (χ3n) is 6.15. The van der Waals surface area contributed by atoms with Gasteiger partial charge in [0.15, 0.2) is 0 Å². The smallest absolute Gasteiger partial charge is 0.317 e. The molecule has 0 bridgehead atoms. The van der Waals surface area contributed by atoms with E-state index in [1.807, 2.05) is 4.90 Å². The van der Waals surface area contributed by atoms with Crippen molar-refractivity contribution < 1.29 is 4.79 Å². The molecule has 1 saturated heterocycles. The van der Waals surface area contributed by atoms with Crippen molar-refractivity contribution in [1.82, 2.24) is 10.2 Å². The van der Waals surface area contributed by atoms with E-state index >= 15 is 0 Å². The van der Waals surface area contributed by atoms with Gasteiger partial charge in [-0.25, -0.2) is 4.79 Å². The van der Waals surface area contributed by atoms with Crippen molar-refractivity contribution in [2.75, 3.05) is 49.1 Å². The summed E-state index contributed by atoms with van der Waals surface area (Å²) in [6.07, 6.45) is 6.11. The topological polar surface area (TPSA) is 38.8 Å². The Labute approximate surface area is 164 Å². The Kier molecular flexibility index (Phi) is 6.86. The summed E-state index contributed by atoms with van der Waals surface area (Å²) in [5.74, 6) is 0. The zero-order chi connectivity index (χ0) is 19.2. The third-order valence-corrected chi connectivity index (χ3v) is 6.15. The van der Waals surface area contributed by atoms with E-state index in [1.54, 1.807) is 0 Å². The van der Waals surface area contributed by atoms with Gasteiger partial charge in [-0.15, -0.1) is 0 Å². The standard InChI is InChI=1S/C22H36N4O/c1-4-24(5-2)20-11-12-21(18(3)17-20)25-13-15-26(16-14-25)22(27)23-19-9-7-6-8-10-19/h11-12,17,19H,4-10,13-16H2,1-3H3,(H,23,27). The zero-order valence-corrected chi connectivity index (χ0v) is 17.3. The van der Waals surface area contributed by atoms with E-state index in [2.05, 4.69) is 54.1 Å². The number of amides is 2. The lowest BCUT2D eigenvalue weighted by atomic mass is 9.96. The van der Waals surface area contributed by atoms with Crippen LogP contribution in [0, 0.1) is 6.92 Å². The van der Waals surface area contributed by atoms with E-state index < -0.39 is 0 Å². The van der Waals surface area contributed by atoms with E-state index in [0.717, 1.165) is 52.1 Å². The Morgan fingerprint density at radius 3 is 2.33 bits per heavy atom. The Hall–Kier alpha value is -1.91. The van der Waals surface area contributed by atoms with Gasteiger partial charge in [-0.05, 0) is 57.4 Å². The van der Waals surface area contributed by atoms with Crippen LogP contribution in [0.25, 0.3) is 0 Å². The molecule has 0 aromatic heterocycles. The number of aryl methyl sites for hydroxylation is 1. The van der Waals surface area contributed by atoms with Crippen LogP contribution in [0.3, 0.4) is 0 Å². The van der Waals surface area contributed by atoms with Crippen molar-refractivity contribution >= 4 is 17.4 Å². The second-order valence-corrected chi connectivity index (χ2v) is 7.90. The van der Waals surface area contributed by atoms with Gasteiger partial charge in [0.2, 0.25) is 0 Å². The summed E-state index contributed by atoms with van der Waals surface area (Å²) in [4.78, 5) is 19.3. The highest BCUT2D eigenvalue weighted by atomic mass is 16.2. The average Bonchev–Trinajstić information content (AvgIpc) is 2.70. The fourth-order valence-electron chi connectivity index (χ4n) is 4.44. The van der Waals surface area contributed by atoms with E-state index in [0.29, 0.717) is 6.04 Å². The second kappa shape index (κ2) is 9.34. The van der Waals surface area contributed by atoms with Crippen LogP contribution in [-0.4, -0.2) is 56.2 Å². The molecule has 2 fully saturated rings. The molecule has 3 rings (SSSR count). The number of hydrogen-bond donors (Lipinski definition) is 1. The molecule has 1 N–H and O–H groups in total. The monoisotopic (exact) mass is 372 g/mol. The fourth-order valence-corrected chi connectivity index (χ4v) is 4.44. The SMILES string of the molecule is CCN(CC)c1ccc(N2CCN(C(=O)NC3CCCCC3)CC2)c(C)c1. The summed E-state index contributed by atoms with van der Waals surface area (Å²) in [5.41, 5.74) is 3.92. The number of rotatable bonds is 5. The highest BCUT2D eigenvalue weighted by molar-refractivity contribution is 5.75. The predicted octanol–water partition coefficient (Wildman–Crippen LogP) is 4.01. The zero-order valence-electron chi connectivity index (χ0n) is 17.3. The van der Waals surface area contributed by atoms with E-state index in [4.69, 9.17) is 0 Å². The number of carbonyl (C=O) groups is 1. The second-order valence-electron chi connectivity index (χ2n) is 7.90. The lowest BCUT2D eigenvalue weighted by molar-refractivity contribution is 0.186. The van der Waals surface area contributed by atoms with Crippen molar-refractivity contribution in [1.29, 1.82) is 0 Å². The molecular formula is C22H36N4O. The van der Waals surface area contributed by atoms with Gasteiger partial charge in [0.1, 0.15) is 0 Å². The highest BCUT2D eigenvalue weighted by Crippen LogP contribution is 2.27. The van der Waals surface area contributed by atoms with Crippen LogP contribution < -0.4 is 15.1 Å².